The van der Waals surface area contributed by atoms with Gasteiger partial charge in [-0.15, -0.1) is 0 Å². The third-order valence-corrected chi connectivity index (χ3v) is 2.68. The maximum Gasteiger partial charge on any atom is 0.325 e. The van der Waals surface area contributed by atoms with Crippen molar-refractivity contribution >= 4 is 17.8 Å². The van der Waals surface area contributed by atoms with Crippen LogP contribution in [0.4, 0.5) is 0 Å². The van der Waals surface area contributed by atoms with Crippen LogP contribution in [-0.4, -0.2) is 42.4 Å². The molecule has 0 aliphatic heterocycles. The van der Waals surface area contributed by atoms with Gasteiger partial charge in [-0.2, -0.15) is 0 Å². The number of ether oxygens (including phenoxy) is 1. The van der Waals surface area contributed by atoms with Crippen molar-refractivity contribution in [1.82, 2.24) is 10.2 Å². The highest BCUT2D eigenvalue weighted by molar-refractivity contribution is 5.86. The number of amides is 2. The quantitative estimate of drug-likeness (QED) is 0.751. The van der Waals surface area contributed by atoms with E-state index in [1.165, 1.54) is 11.8 Å². The molecule has 0 bridgehead atoms. The van der Waals surface area contributed by atoms with Gasteiger partial charge < -0.3 is 15.0 Å². The average molecular weight is 292 g/mol. The monoisotopic (exact) mass is 292 g/mol. The summed E-state index contributed by atoms with van der Waals surface area (Å²) < 4.78 is 4.87. The molecule has 0 fully saturated rings. The molecule has 0 saturated carbocycles. The molecule has 6 heteroatoms. The number of hydrogen-bond donors (Lipinski definition) is 1. The van der Waals surface area contributed by atoms with Crippen molar-refractivity contribution in [2.75, 3.05) is 19.7 Å². The van der Waals surface area contributed by atoms with Gasteiger partial charge >= 0.3 is 5.97 Å². The Morgan fingerprint density at radius 3 is 2.43 bits per heavy atom. The zero-order valence-electron chi connectivity index (χ0n) is 12.3. The van der Waals surface area contributed by atoms with Crippen molar-refractivity contribution in [2.45, 2.75) is 20.4 Å². The third kappa shape index (κ3) is 6.56. The highest BCUT2D eigenvalue weighted by atomic mass is 16.5. The number of rotatable bonds is 7. The van der Waals surface area contributed by atoms with Crippen LogP contribution in [0.15, 0.2) is 30.3 Å². The van der Waals surface area contributed by atoms with Gasteiger partial charge in [-0.25, -0.2) is 0 Å². The zero-order chi connectivity index (χ0) is 15.7. The van der Waals surface area contributed by atoms with Gasteiger partial charge in [-0.1, -0.05) is 30.3 Å². The number of benzene rings is 1. The highest BCUT2D eigenvalue weighted by Crippen LogP contribution is 2.05. The van der Waals surface area contributed by atoms with Gasteiger partial charge in [0.15, 0.2) is 0 Å². The van der Waals surface area contributed by atoms with Crippen molar-refractivity contribution < 1.29 is 19.1 Å². The molecular formula is C15H20N2O4. The number of esters is 1. The Morgan fingerprint density at radius 1 is 1.19 bits per heavy atom. The molecule has 0 aliphatic rings. The first kappa shape index (κ1) is 16.7. The van der Waals surface area contributed by atoms with E-state index in [0.29, 0.717) is 0 Å². The van der Waals surface area contributed by atoms with Crippen molar-refractivity contribution in [2.24, 2.45) is 0 Å². The number of carbonyl (C=O) groups excluding carboxylic acids is 3. The lowest BCUT2D eigenvalue weighted by Gasteiger charge is -2.22. The van der Waals surface area contributed by atoms with Crippen LogP contribution in [-0.2, 0) is 25.7 Å². The van der Waals surface area contributed by atoms with Gasteiger partial charge in [0.05, 0.1) is 13.2 Å². The Balaban J connectivity index is 2.71. The summed E-state index contributed by atoms with van der Waals surface area (Å²) in [6, 6.07) is 9.32. The lowest BCUT2D eigenvalue weighted by Crippen LogP contribution is -2.42. The summed E-state index contributed by atoms with van der Waals surface area (Å²) in [4.78, 5) is 35.9. The van der Waals surface area contributed by atoms with E-state index in [4.69, 9.17) is 4.74 Å². The normalized spacial score (nSPS) is 9.81. The van der Waals surface area contributed by atoms with E-state index in [-0.39, 0.29) is 38.1 Å². The summed E-state index contributed by atoms with van der Waals surface area (Å²) in [5.41, 5.74) is 0.901. The fourth-order valence-electron chi connectivity index (χ4n) is 1.71. The van der Waals surface area contributed by atoms with Crippen LogP contribution in [0.2, 0.25) is 0 Å². The first-order valence-corrected chi connectivity index (χ1v) is 6.74. The molecule has 2 amide bonds. The van der Waals surface area contributed by atoms with E-state index >= 15 is 0 Å². The fraction of sp³-hybridized carbons (Fsp3) is 0.400. The molecule has 1 aromatic rings. The van der Waals surface area contributed by atoms with E-state index < -0.39 is 5.97 Å². The van der Waals surface area contributed by atoms with Crippen LogP contribution < -0.4 is 5.32 Å². The van der Waals surface area contributed by atoms with Crippen molar-refractivity contribution in [3.05, 3.63) is 35.9 Å². The largest absolute Gasteiger partial charge is 0.465 e. The van der Waals surface area contributed by atoms with Gasteiger partial charge in [0.25, 0.3) is 0 Å². The van der Waals surface area contributed by atoms with Crippen molar-refractivity contribution in [3.8, 4) is 0 Å². The molecule has 21 heavy (non-hydrogen) atoms. The molecule has 0 atom stereocenters. The Bertz CT molecular complexity index is 488. The van der Waals surface area contributed by atoms with E-state index in [1.54, 1.807) is 6.92 Å². The molecule has 0 spiro atoms. The highest BCUT2D eigenvalue weighted by Gasteiger charge is 2.18. The second-order valence-electron chi connectivity index (χ2n) is 4.45. The maximum absolute atomic E-state index is 12.1. The number of nitrogens with one attached hydrogen (secondary N) is 1. The van der Waals surface area contributed by atoms with Crippen LogP contribution in [0.25, 0.3) is 0 Å². The molecular weight excluding hydrogens is 272 g/mol. The summed E-state index contributed by atoms with van der Waals surface area (Å²) in [5.74, 6) is -1.09. The van der Waals surface area contributed by atoms with Crippen molar-refractivity contribution in [3.63, 3.8) is 0 Å². The van der Waals surface area contributed by atoms with E-state index in [1.807, 2.05) is 30.3 Å². The van der Waals surface area contributed by atoms with Crippen LogP contribution in [0.1, 0.15) is 19.4 Å². The molecule has 1 N–H and O–H groups in total. The molecule has 0 heterocycles. The van der Waals surface area contributed by atoms with Gasteiger partial charge in [0.2, 0.25) is 11.8 Å². The minimum atomic E-state index is -0.468. The van der Waals surface area contributed by atoms with Gasteiger partial charge in [0, 0.05) is 13.5 Å². The SMILES string of the molecule is CCOC(=O)CN(Cc1ccccc1)C(=O)CNC(C)=O. The fourth-order valence-corrected chi connectivity index (χ4v) is 1.71. The van der Waals surface area contributed by atoms with E-state index in [0.717, 1.165) is 5.56 Å². The summed E-state index contributed by atoms with van der Waals surface area (Å²) in [6.07, 6.45) is 0. The van der Waals surface area contributed by atoms with Gasteiger partial charge in [-0.05, 0) is 12.5 Å². The van der Waals surface area contributed by atoms with Crippen LogP contribution in [0, 0.1) is 0 Å². The molecule has 1 aromatic carbocycles. The Hall–Kier alpha value is -2.37. The van der Waals surface area contributed by atoms with Crippen LogP contribution in [0.5, 0.6) is 0 Å². The Morgan fingerprint density at radius 2 is 1.86 bits per heavy atom. The molecule has 0 aromatic heterocycles. The predicted octanol–water partition coefficient (Wildman–Crippen LogP) is 0.714. The van der Waals surface area contributed by atoms with E-state index in [9.17, 15) is 14.4 Å². The molecule has 114 valence electrons. The van der Waals surface area contributed by atoms with Crippen molar-refractivity contribution in [1.29, 1.82) is 0 Å². The first-order chi connectivity index (χ1) is 10.0. The molecule has 0 radical (unpaired) electrons. The lowest BCUT2D eigenvalue weighted by molar-refractivity contribution is -0.149. The smallest absolute Gasteiger partial charge is 0.325 e. The minimum absolute atomic E-state index is 0.137. The van der Waals surface area contributed by atoms with Crippen LogP contribution >= 0.6 is 0 Å². The molecule has 0 saturated heterocycles. The van der Waals surface area contributed by atoms with E-state index in [2.05, 4.69) is 5.32 Å². The Kier molecular flexibility index (Phi) is 6.94. The first-order valence-electron chi connectivity index (χ1n) is 6.74. The summed E-state index contributed by atoms with van der Waals surface area (Å²) in [5, 5.41) is 2.43. The second-order valence-corrected chi connectivity index (χ2v) is 4.45. The summed E-state index contributed by atoms with van der Waals surface area (Å²) in [7, 11) is 0. The zero-order valence-corrected chi connectivity index (χ0v) is 12.3. The summed E-state index contributed by atoms with van der Waals surface area (Å²) in [6.45, 7) is 3.32. The predicted molar refractivity (Wildman–Crippen MR) is 77.2 cm³/mol. The van der Waals surface area contributed by atoms with Crippen LogP contribution in [0.3, 0.4) is 0 Å². The molecule has 0 unspecified atom stereocenters. The molecule has 6 nitrogen and oxygen atoms in total. The topological polar surface area (TPSA) is 75.7 Å². The second kappa shape index (κ2) is 8.73. The third-order valence-electron chi connectivity index (χ3n) is 2.68. The van der Waals surface area contributed by atoms with Gasteiger partial charge in [-0.3, -0.25) is 14.4 Å². The molecule has 1 rings (SSSR count). The number of hydrogen-bond acceptors (Lipinski definition) is 4. The number of carbonyl (C=O) groups is 3. The maximum atomic E-state index is 12.1. The number of nitrogens with zero attached hydrogens (tertiary/aromatic N) is 1. The van der Waals surface area contributed by atoms with Gasteiger partial charge in [0.1, 0.15) is 6.54 Å². The molecule has 0 aliphatic carbocycles. The standard InChI is InChI=1S/C15H20N2O4/c1-3-21-15(20)11-17(14(19)9-16-12(2)18)10-13-7-5-4-6-8-13/h4-8H,3,9-11H2,1-2H3,(H,16,18). The Labute approximate surface area is 124 Å². The average Bonchev–Trinajstić information content (AvgIpc) is 2.45. The summed E-state index contributed by atoms with van der Waals surface area (Å²) >= 11 is 0. The lowest BCUT2D eigenvalue weighted by atomic mass is 10.2. The minimum Gasteiger partial charge on any atom is -0.465 e.